The number of sulfonamides is 1. The number of likely N-dealkylation sites (N-methyl/N-ethyl adjacent to an activating group) is 1. The summed E-state index contributed by atoms with van der Waals surface area (Å²) in [5.41, 5.74) is 0.824. The predicted octanol–water partition coefficient (Wildman–Crippen LogP) is 0.668. The summed E-state index contributed by atoms with van der Waals surface area (Å²) in [4.78, 5) is 11.5. The summed E-state index contributed by atoms with van der Waals surface area (Å²) in [6, 6.07) is 4.38. The fraction of sp³-hybridized carbons (Fsp3) is 0.462. The normalized spacial score (nSPS) is 13.0. The Bertz CT molecular complexity index is 584. The Kier molecular flexibility index (Phi) is 5.67. The van der Waals surface area contributed by atoms with Crippen LogP contribution in [0.3, 0.4) is 0 Å². The molecule has 0 amide bonds. The topological polar surface area (TPSA) is 84.5 Å². The Labute approximate surface area is 119 Å². The van der Waals surface area contributed by atoms with Gasteiger partial charge in [-0.2, -0.15) is 0 Å². The molecule has 6 nitrogen and oxygen atoms in total. The van der Waals surface area contributed by atoms with E-state index in [0.29, 0.717) is 11.1 Å². The van der Waals surface area contributed by atoms with Gasteiger partial charge in [0.1, 0.15) is 0 Å². The first-order valence-corrected chi connectivity index (χ1v) is 7.66. The Hall–Kier alpha value is -1.44. The fourth-order valence-electron chi connectivity index (χ4n) is 1.61. The second-order valence-corrected chi connectivity index (χ2v) is 6.25. The first kappa shape index (κ1) is 16.6. The molecule has 0 heterocycles. The highest BCUT2D eigenvalue weighted by molar-refractivity contribution is 7.89. The molecule has 112 valence electrons. The number of esters is 1. The number of ether oxygens (including phenoxy) is 1. The Morgan fingerprint density at radius 1 is 1.40 bits per heavy atom. The van der Waals surface area contributed by atoms with Crippen LogP contribution in [0.25, 0.3) is 0 Å². The number of hydrogen-bond acceptors (Lipinski definition) is 5. The van der Waals surface area contributed by atoms with Crippen LogP contribution < -0.4 is 10.0 Å². The van der Waals surface area contributed by atoms with Gasteiger partial charge < -0.3 is 10.1 Å². The summed E-state index contributed by atoms with van der Waals surface area (Å²) in [6.07, 6.45) is 0. The number of rotatable bonds is 6. The Morgan fingerprint density at radius 3 is 2.55 bits per heavy atom. The molecule has 0 spiro atoms. The summed E-state index contributed by atoms with van der Waals surface area (Å²) >= 11 is 0. The van der Waals surface area contributed by atoms with Crippen molar-refractivity contribution >= 4 is 16.0 Å². The first-order chi connectivity index (χ1) is 9.31. The van der Waals surface area contributed by atoms with E-state index in [0.717, 1.165) is 0 Å². The highest BCUT2D eigenvalue weighted by Crippen LogP contribution is 2.17. The first-order valence-electron chi connectivity index (χ1n) is 6.17. The van der Waals surface area contributed by atoms with Gasteiger partial charge in [0.2, 0.25) is 10.0 Å². The zero-order chi connectivity index (χ0) is 15.3. The number of carbonyl (C=O) groups is 1. The number of carbonyl (C=O) groups excluding carboxylic acids is 1. The van der Waals surface area contributed by atoms with Crippen molar-refractivity contribution in [2.24, 2.45) is 0 Å². The number of aryl methyl sites for hydroxylation is 1. The summed E-state index contributed by atoms with van der Waals surface area (Å²) in [6.45, 7) is 3.80. The maximum absolute atomic E-state index is 12.2. The minimum atomic E-state index is -3.59. The van der Waals surface area contributed by atoms with Gasteiger partial charge >= 0.3 is 5.97 Å². The summed E-state index contributed by atoms with van der Waals surface area (Å²) in [5.74, 6) is -0.492. The van der Waals surface area contributed by atoms with Gasteiger partial charge in [0.25, 0.3) is 0 Å². The molecule has 1 aromatic carbocycles. The largest absolute Gasteiger partial charge is 0.465 e. The molecule has 0 bridgehead atoms. The molecule has 1 unspecified atom stereocenters. The highest BCUT2D eigenvalue weighted by Gasteiger charge is 2.18. The van der Waals surface area contributed by atoms with Gasteiger partial charge in [0.15, 0.2) is 0 Å². The molecule has 0 radical (unpaired) electrons. The van der Waals surface area contributed by atoms with Crippen molar-refractivity contribution in [1.82, 2.24) is 10.0 Å². The van der Waals surface area contributed by atoms with Gasteiger partial charge in [0, 0.05) is 12.6 Å². The van der Waals surface area contributed by atoms with Crippen LogP contribution in [-0.4, -0.2) is 41.1 Å². The Balaban J connectivity index is 2.99. The van der Waals surface area contributed by atoms with E-state index >= 15 is 0 Å². The van der Waals surface area contributed by atoms with Crippen LogP contribution in [0.2, 0.25) is 0 Å². The molecule has 0 aromatic heterocycles. The molecular formula is C13H20N2O4S. The molecule has 0 aliphatic rings. The molecule has 0 fully saturated rings. The number of methoxy groups -OCH3 is 1. The van der Waals surface area contributed by atoms with E-state index in [1.807, 2.05) is 6.92 Å². The lowest BCUT2D eigenvalue weighted by Crippen LogP contribution is -2.37. The lowest BCUT2D eigenvalue weighted by Gasteiger charge is -2.13. The molecule has 7 heteroatoms. The Morgan fingerprint density at radius 2 is 2.05 bits per heavy atom. The third kappa shape index (κ3) is 4.03. The minimum Gasteiger partial charge on any atom is -0.465 e. The number of hydrogen-bond donors (Lipinski definition) is 2. The van der Waals surface area contributed by atoms with E-state index < -0.39 is 16.0 Å². The highest BCUT2D eigenvalue weighted by atomic mass is 32.2. The van der Waals surface area contributed by atoms with Crippen molar-refractivity contribution < 1.29 is 17.9 Å². The van der Waals surface area contributed by atoms with Crippen molar-refractivity contribution in [3.8, 4) is 0 Å². The third-order valence-electron chi connectivity index (χ3n) is 2.96. The summed E-state index contributed by atoms with van der Waals surface area (Å²) in [5, 5.41) is 2.95. The minimum absolute atomic E-state index is 0.0272. The standard InChI is InChI=1S/C13H20N2O4S/c1-9-7-11(13(16)19-4)5-6-12(9)20(17,18)15-8-10(2)14-3/h5-7,10,14-15H,8H2,1-4H3. The maximum Gasteiger partial charge on any atom is 0.337 e. The molecule has 1 atom stereocenters. The zero-order valence-corrected chi connectivity index (χ0v) is 12.9. The lowest BCUT2D eigenvalue weighted by molar-refractivity contribution is 0.0600. The van der Waals surface area contributed by atoms with Crippen LogP contribution in [0.4, 0.5) is 0 Å². The van der Waals surface area contributed by atoms with Crippen molar-refractivity contribution in [2.75, 3.05) is 20.7 Å². The monoisotopic (exact) mass is 300 g/mol. The van der Waals surface area contributed by atoms with Crippen LogP contribution >= 0.6 is 0 Å². The SMILES string of the molecule is CNC(C)CNS(=O)(=O)c1ccc(C(=O)OC)cc1C. The quantitative estimate of drug-likeness (QED) is 0.754. The second kappa shape index (κ2) is 6.83. The van der Waals surface area contributed by atoms with E-state index in [2.05, 4.69) is 14.8 Å². The van der Waals surface area contributed by atoms with Gasteiger partial charge in [-0.15, -0.1) is 0 Å². The van der Waals surface area contributed by atoms with E-state index in [4.69, 9.17) is 0 Å². The lowest BCUT2D eigenvalue weighted by atomic mass is 10.1. The average molecular weight is 300 g/mol. The van der Waals surface area contributed by atoms with Crippen LogP contribution in [0.5, 0.6) is 0 Å². The van der Waals surface area contributed by atoms with E-state index in [-0.39, 0.29) is 17.5 Å². The number of benzene rings is 1. The van der Waals surface area contributed by atoms with Gasteiger partial charge in [-0.25, -0.2) is 17.9 Å². The van der Waals surface area contributed by atoms with Crippen molar-refractivity contribution in [1.29, 1.82) is 0 Å². The van der Waals surface area contributed by atoms with Gasteiger partial charge in [-0.3, -0.25) is 0 Å². The molecule has 0 saturated carbocycles. The third-order valence-corrected chi connectivity index (χ3v) is 4.54. The van der Waals surface area contributed by atoms with E-state index in [9.17, 15) is 13.2 Å². The average Bonchev–Trinajstić information content (AvgIpc) is 2.43. The smallest absolute Gasteiger partial charge is 0.337 e. The van der Waals surface area contributed by atoms with Crippen LogP contribution in [0.15, 0.2) is 23.1 Å². The van der Waals surface area contributed by atoms with Crippen molar-refractivity contribution in [2.45, 2.75) is 24.8 Å². The zero-order valence-electron chi connectivity index (χ0n) is 12.1. The van der Waals surface area contributed by atoms with Crippen LogP contribution in [-0.2, 0) is 14.8 Å². The molecule has 0 aliphatic heterocycles. The fourth-order valence-corrected chi connectivity index (χ4v) is 2.97. The molecule has 1 rings (SSSR count). The van der Waals surface area contributed by atoms with Crippen LogP contribution in [0.1, 0.15) is 22.8 Å². The molecule has 20 heavy (non-hydrogen) atoms. The summed E-state index contributed by atoms with van der Waals surface area (Å²) in [7, 11) is -0.547. The maximum atomic E-state index is 12.2. The van der Waals surface area contributed by atoms with Crippen molar-refractivity contribution in [3.05, 3.63) is 29.3 Å². The van der Waals surface area contributed by atoms with Crippen LogP contribution in [0, 0.1) is 6.92 Å². The number of nitrogens with one attached hydrogen (secondary N) is 2. The molecule has 0 saturated heterocycles. The van der Waals surface area contributed by atoms with Gasteiger partial charge in [-0.05, 0) is 44.7 Å². The van der Waals surface area contributed by atoms with Crippen molar-refractivity contribution in [3.63, 3.8) is 0 Å². The molecule has 2 N–H and O–H groups in total. The van der Waals surface area contributed by atoms with E-state index in [1.54, 1.807) is 14.0 Å². The van der Waals surface area contributed by atoms with Gasteiger partial charge in [-0.1, -0.05) is 0 Å². The van der Waals surface area contributed by atoms with Gasteiger partial charge in [0.05, 0.1) is 17.6 Å². The summed E-state index contributed by atoms with van der Waals surface area (Å²) < 4.78 is 31.5. The molecule has 0 aliphatic carbocycles. The second-order valence-electron chi connectivity index (χ2n) is 4.51. The molecule has 1 aromatic rings. The predicted molar refractivity (Wildman–Crippen MR) is 76.2 cm³/mol. The molecular weight excluding hydrogens is 280 g/mol. The van der Waals surface area contributed by atoms with E-state index in [1.165, 1.54) is 25.3 Å².